The van der Waals surface area contributed by atoms with Gasteiger partial charge in [0.15, 0.2) is 0 Å². The lowest BCUT2D eigenvalue weighted by molar-refractivity contribution is 0.102. The fourth-order valence-corrected chi connectivity index (χ4v) is 2.15. The van der Waals surface area contributed by atoms with E-state index in [1.165, 1.54) is 18.2 Å². The highest BCUT2D eigenvalue weighted by molar-refractivity contribution is 9.10. The van der Waals surface area contributed by atoms with Crippen LogP contribution < -0.4 is 5.32 Å². The van der Waals surface area contributed by atoms with Gasteiger partial charge in [-0.25, -0.2) is 4.39 Å². The van der Waals surface area contributed by atoms with Crippen molar-refractivity contribution >= 4 is 27.5 Å². The molecule has 0 bridgehead atoms. The molecule has 0 aliphatic carbocycles. The zero-order valence-electron chi connectivity index (χ0n) is 10.6. The van der Waals surface area contributed by atoms with Gasteiger partial charge >= 0.3 is 0 Å². The summed E-state index contributed by atoms with van der Waals surface area (Å²) in [5, 5.41) is 11.7. The van der Waals surface area contributed by atoms with Crippen molar-refractivity contribution in [3.05, 3.63) is 63.4 Å². The third-order valence-corrected chi connectivity index (χ3v) is 3.28. The summed E-state index contributed by atoms with van der Waals surface area (Å²) < 4.78 is 13.8. The quantitative estimate of drug-likeness (QED) is 0.902. The standard InChI is InChI=1S/C15H10BrFN2O/c1-9-6-12(17)4-5-13(9)15(20)19-14-7-11(16)3-2-10(14)8-18/h2-7H,1H3,(H,19,20). The Morgan fingerprint density at radius 1 is 1.30 bits per heavy atom. The van der Waals surface area contributed by atoms with Gasteiger partial charge < -0.3 is 5.32 Å². The normalized spacial score (nSPS) is 9.90. The predicted octanol–water partition coefficient (Wildman–Crippen LogP) is 4.02. The van der Waals surface area contributed by atoms with Crippen LogP contribution in [0.2, 0.25) is 0 Å². The maximum atomic E-state index is 13.0. The SMILES string of the molecule is Cc1cc(F)ccc1C(=O)Nc1cc(Br)ccc1C#N. The molecule has 2 aromatic rings. The highest BCUT2D eigenvalue weighted by Crippen LogP contribution is 2.22. The second-order valence-electron chi connectivity index (χ2n) is 4.22. The lowest BCUT2D eigenvalue weighted by Crippen LogP contribution is -2.14. The number of amides is 1. The maximum Gasteiger partial charge on any atom is 0.255 e. The van der Waals surface area contributed by atoms with Crippen molar-refractivity contribution in [2.24, 2.45) is 0 Å². The zero-order valence-corrected chi connectivity index (χ0v) is 12.2. The third kappa shape index (κ3) is 3.03. The molecule has 0 heterocycles. The minimum Gasteiger partial charge on any atom is -0.321 e. The number of aryl methyl sites for hydroxylation is 1. The molecule has 0 spiro atoms. The first-order valence-electron chi connectivity index (χ1n) is 5.78. The van der Waals surface area contributed by atoms with Gasteiger partial charge in [-0.3, -0.25) is 4.79 Å². The van der Waals surface area contributed by atoms with Crippen LogP contribution in [0.25, 0.3) is 0 Å². The first kappa shape index (κ1) is 14.2. The van der Waals surface area contributed by atoms with Crippen molar-refractivity contribution < 1.29 is 9.18 Å². The topological polar surface area (TPSA) is 52.9 Å². The molecule has 0 saturated carbocycles. The highest BCUT2D eigenvalue weighted by Gasteiger charge is 2.12. The van der Waals surface area contributed by atoms with Crippen LogP contribution in [-0.2, 0) is 0 Å². The summed E-state index contributed by atoms with van der Waals surface area (Å²) in [5.41, 5.74) is 1.68. The molecule has 5 heteroatoms. The van der Waals surface area contributed by atoms with E-state index in [2.05, 4.69) is 21.2 Å². The molecular formula is C15H10BrFN2O. The number of halogens is 2. The summed E-state index contributed by atoms with van der Waals surface area (Å²) in [4.78, 5) is 12.2. The van der Waals surface area contributed by atoms with Gasteiger partial charge in [0.1, 0.15) is 11.9 Å². The fraction of sp³-hybridized carbons (Fsp3) is 0.0667. The molecule has 20 heavy (non-hydrogen) atoms. The second kappa shape index (κ2) is 5.85. The molecule has 2 aromatic carbocycles. The van der Waals surface area contributed by atoms with Gasteiger partial charge in [-0.2, -0.15) is 5.26 Å². The number of anilines is 1. The molecule has 0 fully saturated rings. The van der Waals surface area contributed by atoms with Gasteiger partial charge in [-0.15, -0.1) is 0 Å². The lowest BCUT2D eigenvalue weighted by atomic mass is 10.1. The largest absolute Gasteiger partial charge is 0.321 e. The Hall–Kier alpha value is -2.19. The molecule has 100 valence electrons. The first-order chi connectivity index (χ1) is 9.51. The van der Waals surface area contributed by atoms with E-state index in [9.17, 15) is 9.18 Å². The Kier molecular flexibility index (Phi) is 4.16. The Balaban J connectivity index is 2.33. The van der Waals surface area contributed by atoms with Crippen LogP contribution in [0.5, 0.6) is 0 Å². The number of rotatable bonds is 2. The van der Waals surface area contributed by atoms with Crippen LogP contribution in [0.4, 0.5) is 10.1 Å². The highest BCUT2D eigenvalue weighted by atomic mass is 79.9. The van der Waals surface area contributed by atoms with Crippen LogP contribution >= 0.6 is 15.9 Å². The van der Waals surface area contributed by atoms with Gasteiger partial charge in [0.05, 0.1) is 11.3 Å². The van der Waals surface area contributed by atoms with Crippen LogP contribution in [0, 0.1) is 24.1 Å². The minimum atomic E-state index is -0.390. The van der Waals surface area contributed by atoms with E-state index < -0.39 is 0 Å². The summed E-state index contributed by atoms with van der Waals surface area (Å²) in [5.74, 6) is -0.767. The molecule has 0 unspecified atom stereocenters. The van der Waals surface area contributed by atoms with Crippen LogP contribution in [0.15, 0.2) is 40.9 Å². The van der Waals surface area contributed by atoms with E-state index in [-0.39, 0.29) is 11.7 Å². The Morgan fingerprint density at radius 2 is 2.05 bits per heavy atom. The molecule has 3 nitrogen and oxygen atoms in total. The lowest BCUT2D eigenvalue weighted by Gasteiger charge is -2.09. The van der Waals surface area contributed by atoms with Gasteiger partial charge in [0.2, 0.25) is 0 Å². The van der Waals surface area contributed by atoms with Crippen molar-refractivity contribution in [3.63, 3.8) is 0 Å². The molecule has 2 rings (SSSR count). The number of carbonyl (C=O) groups excluding carboxylic acids is 1. The first-order valence-corrected chi connectivity index (χ1v) is 6.57. The molecule has 1 N–H and O–H groups in total. The van der Waals surface area contributed by atoms with Crippen molar-refractivity contribution in [3.8, 4) is 6.07 Å². The molecule has 0 atom stereocenters. The Morgan fingerprint density at radius 3 is 2.70 bits per heavy atom. The van der Waals surface area contributed by atoms with E-state index in [1.807, 2.05) is 6.07 Å². The number of nitrogens with zero attached hydrogens (tertiary/aromatic N) is 1. The number of hydrogen-bond donors (Lipinski definition) is 1. The molecule has 1 amide bonds. The molecule has 0 aliphatic rings. The second-order valence-corrected chi connectivity index (χ2v) is 5.13. The smallest absolute Gasteiger partial charge is 0.255 e. The zero-order chi connectivity index (χ0) is 14.7. The summed E-state index contributed by atoms with van der Waals surface area (Å²) in [6, 6.07) is 10.9. The number of carbonyl (C=O) groups is 1. The van der Waals surface area contributed by atoms with Crippen LogP contribution in [-0.4, -0.2) is 5.91 Å². The van der Waals surface area contributed by atoms with Gasteiger partial charge in [0, 0.05) is 10.0 Å². The maximum absolute atomic E-state index is 13.0. The molecule has 0 aliphatic heterocycles. The summed E-state index contributed by atoms with van der Waals surface area (Å²) in [6.45, 7) is 1.66. The van der Waals surface area contributed by atoms with Crippen LogP contribution in [0.3, 0.4) is 0 Å². The van der Waals surface area contributed by atoms with Crippen molar-refractivity contribution in [2.75, 3.05) is 5.32 Å². The number of nitriles is 1. The van der Waals surface area contributed by atoms with E-state index in [0.29, 0.717) is 22.4 Å². The molecule has 0 saturated heterocycles. The molecular weight excluding hydrogens is 323 g/mol. The van der Waals surface area contributed by atoms with Gasteiger partial charge in [0.25, 0.3) is 5.91 Å². The Bertz CT molecular complexity index is 722. The van der Waals surface area contributed by atoms with Crippen molar-refractivity contribution in [1.29, 1.82) is 5.26 Å². The number of benzene rings is 2. The van der Waals surface area contributed by atoms with Gasteiger partial charge in [-0.05, 0) is 48.9 Å². The number of hydrogen-bond acceptors (Lipinski definition) is 2. The van der Waals surface area contributed by atoms with E-state index in [1.54, 1.807) is 25.1 Å². The monoisotopic (exact) mass is 332 g/mol. The molecule has 0 aromatic heterocycles. The average Bonchev–Trinajstić information content (AvgIpc) is 2.38. The third-order valence-electron chi connectivity index (χ3n) is 2.78. The fourth-order valence-electron chi connectivity index (χ4n) is 1.79. The summed E-state index contributed by atoms with van der Waals surface area (Å²) in [6.07, 6.45) is 0. The Labute approximate surface area is 124 Å². The molecule has 0 radical (unpaired) electrons. The predicted molar refractivity (Wildman–Crippen MR) is 77.9 cm³/mol. The van der Waals surface area contributed by atoms with E-state index >= 15 is 0 Å². The summed E-state index contributed by atoms with van der Waals surface area (Å²) >= 11 is 3.29. The van der Waals surface area contributed by atoms with Crippen molar-refractivity contribution in [1.82, 2.24) is 0 Å². The summed E-state index contributed by atoms with van der Waals surface area (Å²) in [7, 11) is 0. The average molecular weight is 333 g/mol. The minimum absolute atomic E-state index is 0.362. The van der Waals surface area contributed by atoms with Gasteiger partial charge in [-0.1, -0.05) is 15.9 Å². The van der Waals surface area contributed by atoms with E-state index in [4.69, 9.17) is 5.26 Å². The number of nitrogens with one attached hydrogen (secondary N) is 1. The van der Waals surface area contributed by atoms with Crippen LogP contribution in [0.1, 0.15) is 21.5 Å². The van der Waals surface area contributed by atoms with E-state index in [0.717, 1.165) is 4.47 Å². The van der Waals surface area contributed by atoms with Crippen molar-refractivity contribution in [2.45, 2.75) is 6.92 Å².